The van der Waals surface area contributed by atoms with Crippen molar-refractivity contribution in [1.82, 2.24) is 14.9 Å². The molecule has 30 heavy (non-hydrogen) atoms. The third-order valence-corrected chi connectivity index (χ3v) is 6.24. The highest BCUT2D eigenvalue weighted by molar-refractivity contribution is 5.91. The number of likely N-dealkylation sites (tertiary alicyclic amines) is 1. The van der Waals surface area contributed by atoms with E-state index >= 15 is 0 Å². The summed E-state index contributed by atoms with van der Waals surface area (Å²) in [5.74, 6) is 0.152. The molecule has 0 aliphatic carbocycles. The molecule has 2 saturated heterocycles. The summed E-state index contributed by atoms with van der Waals surface area (Å²) in [6.07, 6.45) is 4.63. The number of nitrogens with one attached hydrogen (secondary N) is 1. The van der Waals surface area contributed by atoms with Gasteiger partial charge in [0.2, 0.25) is 5.91 Å². The number of amides is 1. The summed E-state index contributed by atoms with van der Waals surface area (Å²) in [4.78, 5) is 27.1. The molecule has 0 saturated carbocycles. The molecule has 1 unspecified atom stereocenters. The quantitative estimate of drug-likeness (QED) is 0.576. The van der Waals surface area contributed by atoms with Crippen molar-refractivity contribution in [2.45, 2.75) is 31.6 Å². The standard InChI is InChI=1S/C23H30N4O2.ClH/c1-19-7-6-9-21(25-19)23(20-8-2-3-11-24-20,22(28)27-12-4-5-13-27)10-14-26-15-17-29-18-16-26;/h2-3,6-9,11H,4-5,10,12-18H2,1H3;1H. The molecule has 2 aliphatic heterocycles. The first-order valence-corrected chi connectivity index (χ1v) is 10.8. The summed E-state index contributed by atoms with van der Waals surface area (Å²) in [6.45, 7) is 8.07. The molecule has 1 amide bonds. The SMILES string of the molecule is Cc1cccc(C(CC[NH+]2CCOCC2)(C(=O)N2CCCC2)c2ccccn2)n1.[Cl-]. The molecular weight excluding hydrogens is 400 g/mol. The fraction of sp³-hybridized carbons (Fsp3) is 0.522. The molecule has 0 aromatic carbocycles. The maximum atomic E-state index is 14.1. The van der Waals surface area contributed by atoms with Gasteiger partial charge in [0.05, 0.1) is 31.1 Å². The predicted octanol–water partition coefficient (Wildman–Crippen LogP) is -2.00. The molecule has 6 nitrogen and oxygen atoms in total. The lowest BCUT2D eigenvalue weighted by atomic mass is 9.75. The summed E-state index contributed by atoms with van der Waals surface area (Å²) in [6, 6.07) is 11.9. The Morgan fingerprint density at radius 3 is 2.50 bits per heavy atom. The lowest BCUT2D eigenvalue weighted by Gasteiger charge is -2.36. The lowest BCUT2D eigenvalue weighted by molar-refractivity contribution is -0.908. The Hall–Kier alpha value is -2.02. The summed E-state index contributed by atoms with van der Waals surface area (Å²) >= 11 is 0. The summed E-state index contributed by atoms with van der Waals surface area (Å²) < 4.78 is 5.52. The molecule has 1 atom stereocenters. The highest BCUT2D eigenvalue weighted by atomic mass is 35.5. The molecule has 1 N–H and O–H groups in total. The van der Waals surface area contributed by atoms with Crippen molar-refractivity contribution in [1.29, 1.82) is 0 Å². The Balaban J connectivity index is 0.00000256. The maximum absolute atomic E-state index is 14.1. The number of carbonyl (C=O) groups is 1. The van der Waals surface area contributed by atoms with Crippen molar-refractivity contribution in [2.75, 3.05) is 45.9 Å². The minimum absolute atomic E-state index is 0. The fourth-order valence-corrected chi connectivity index (χ4v) is 4.57. The van der Waals surface area contributed by atoms with Crippen molar-refractivity contribution in [3.8, 4) is 0 Å². The highest BCUT2D eigenvalue weighted by Crippen LogP contribution is 2.36. The van der Waals surface area contributed by atoms with Crippen molar-refractivity contribution in [3.63, 3.8) is 0 Å². The minimum atomic E-state index is -0.844. The Morgan fingerprint density at radius 2 is 1.83 bits per heavy atom. The van der Waals surface area contributed by atoms with Crippen LogP contribution in [0.4, 0.5) is 0 Å². The third kappa shape index (κ3) is 4.66. The first kappa shape index (κ1) is 22.7. The zero-order valence-corrected chi connectivity index (χ0v) is 18.4. The number of hydrogen-bond acceptors (Lipinski definition) is 4. The van der Waals surface area contributed by atoms with Gasteiger partial charge in [-0.05, 0) is 44.0 Å². The normalized spacial score (nSPS) is 19.2. The molecule has 4 rings (SSSR count). The van der Waals surface area contributed by atoms with Crippen LogP contribution in [0.1, 0.15) is 36.3 Å². The molecule has 0 bridgehead atoms. The number of hydrogen-bond donors (Lipinski definition) is 1. The molecule has 7 heteroatoms. The average molecular weight is 431 g/mol. The molecule has 0 spiro atoms. The van der Waals surface area contributed by atoms with Gasteiger partial charge in [-0.25, -0.2) is 0 Å². The van der Waals surface area contributed by atoms with Gasteiger partial charge < -0.3 is 26.9 Å². The molecule has 162 valence electrons. The molecule has 4 heterocycles. The van der Waals surface area contributed by atoms with Gasteiger partial charge in [-0.1, -0.05) is 12.1 Å². The summed E-state index contributed by atoms with van der Waals surface area (Å²) in [5.41, 5.74) is 1.71. The number of halogens is 1. The predicted molar refractivity (Wildman–Crippen MR) is 111 cm³/mol. The number of rotatable bonds is 6. The molecule has 2 aromatic rings. The van der Waals surface area contributed by atoms with Crippen molar-refractivity contribution in [3.05, 3.63) is 59.7 Å². The van der Waals surface area contributed by atoms with E-state index in [9.17, 15) is 4.79 Å². The Labute approximate surface area is 185 Å². The second-order valence-corrected chi connectivity index (χ2v) is 8.15. The number of pyridine rings is 2. The van der Waals surface area contributed by atoms with Gasteiger partial charge in [-0.3, -0.25) is 14.8 Å². The van der Waals surface area contributed by atoms with Gasteiger partial charge in [0.15, 0.2) is 0 Å². The highest BCUT2D eigenvalue weighted by Gasteiger charge is 2.48. The number of carbonyl (C=O) groups excluding carboxylic acids is 1. The third-order valence-electron chi connectivity index (χ3n) is 6.24. The van der Waals surface area contributed by atoms with Crippen LogP contribution in [0.15, 0.2) is 42.6 Å². The van der Waals surface area contributed by atoms with E-state index in [2.05, 4.69) is 0 Å². The molecule has 2 aromatic heterocycles. The van der Waals surface area contributed by atoms with Gasteiger partial charge in [-0.2, -0.15) is 0 Å². The second-order valence-electron chi connectivity index (χ2n) is 8.15. The van der Waals surface area contributed by atoms with E-state index in [1.165, 1.54) is 4.90 Å². The van der Waals surface area contributed by atoms with Crippen LogP contribution in [0.5, 0.6) is 0 Å². The van der Waals surface area contributed by atoms with Crippen LogP contribution >= 0.6 is 0 Å². The van der Waals surface area contributed by atoms with Crippen LogP contribution in [0, 0.1) is 6.92 Å². The number of morpholine rings is 1. The number of aromatic nitrogens is 2. The lowest BCUT2D eigenvalue weighted by Crippen LogP contribution is -3.14. The van der Waals surface area contributed by atoms with E-state index in [1.54, 1.807) is 6.20 Å². The first-order chi connectivity index (χ1) is 14.2. The van der Waals surface area contributed by atoms with E-state index in [1.807, 2.05) is 48.2 Å². The Morgan fingerprint density at radius 1 is 1.10 bits per heavy atom. The van der Waals surface area contributed by atoms with Crippen molar-refractivity contribution >= 4 is 5.91 Å². The Kier molecular flexibility index (Phi) is 7.81. The second kappa shape index (κ2) is 10.3. The maximum Gasteiger partial charge on any atom is 0.241 e. The topological polar surface area (TPSA) is 59.8 Å². The first-order valence-electron chi connectivity index (χ1n) is 10.8. The van der Waals surface area contributed by atoms with E-state index in [-0.39, 0.29) is 18.3 Å². The zero-order chi connectivity index (χ0) is 20.1. The summed E-state index contributed by atoms with van der Waals surface area (Å²) in [7, 11) is 0. The molecule has 0 radical (unpaired) electrons. The van der Waals surface area contributed by atoms with Gasteiger partial charge in [0, 0.05) is 31.4 Å². The Bertz CT molecular complexity index is 823. The van der Waals surface area contributed by atoms with Crippen LogP contribution in [-0.4, -0.2) is 66.7 Å². The van der Waals surface area contributed by atoms with Crippen LogP contribution in [0.2, 0.25) is 0 Å². The zero-order valence-electron chi connectivity index (χ0n) is 17.6. The van der Waals surface area contributed by atoms with Gasteiger partial charge in [0.25, 0.3) is 0 Å². The van der Waals surface area contributed by atoms with Gasteiger partial charge in [0.1, 0.15) is 18.5 Å². The number of ether oxygens (including phenoxy) is 1. The molecular formula is C23H31ClN4O2. The monoisotopic (exact) mass is 430 g/mol. The van der Waals surface area contributed by atoms with Crippen molar-refractivity contribution in [2.24, 2.45) is 0 Å². The minimum Gasteiger partial charge on any atom is -1.00 e. The average Bonchev–Trinajstić information content (AvgIpc) is 3.31. The number of nitrogens with zero attached hydrogens (tertiary/aromatic N) is 3. The van der Waals surface area contributed by atoms with E-state index in [0.29, 0.717) is 6.42 Å². The van der Waals surface area contributed by atoms with Crippen LogP contribution < -0.4 is 17.3 Å². The van der Waals surface area contributed by atoms with E-state index < -0.39 is 5.41 Å². The number of quaternary nitrogens is 1. The molecule has 2 fully saturated rings. The van der Waals surface area contributed by atoms with Gasteiger partial charge >= 0.3 is 0 Å². The van der Waals surface area contributed by atoms with E-state index in [4.69, 9.17) is 14.7 Å². The van der Waals surface area contributed by atoms with Crippen LogP contribution in [0.25, 0.3) is 0 Å². The van der Waals surface area contributed by atoms with Crippen molar-refractivity contribution < 1.29 is 26.8 Å². The van der Waals surface area contributed by atoms with E-state index in [0.717, 1.165) is 75.9 Å². The van der Waals surface area contributed by atoms with Crippen LogP contribution in [0.3, 0.4) is 0 Å². The van der Waals surface area contributed by atoms with Crippen LogP contribution in [-0.2, 0) is 14.9 Å². The number of aryl methyl sites for hydroxylation is 1. The smallest absolute Gasteiger partial charge is 0.241 e. The summed E-state index contributed by atoms with van der Waals surface area (Å²) in [5, 5.41) is 0. The largest absolute Gasteiger partial charge is 1.00 e. The molecule has 2 aliphatic rings. The van der Waals surface area contributed by atoms with Gasteiger partial charge in [-0.15, -0.1) is 0 Å². The fourth-order valence-electron chi connectivity index (χ4n) is 4.57.